The standard InChI is InChI=1S/C31H34N2O5/c34-26-19-33(31(36)25-9-5-2-6-10-25)28-16-15-27(38-29(28)21-37-20-26)17-30(35)32-18-22-11-13-24(14-12-22)23-7-3-1-4-8-23/h1-14,26-29,34H,15-21H2,(H,32,35)/t26-,27-,28-,29+/m0/s1. The van der Waals surface area contributed by atoms with E-state index in [-0.39, 0.29) is 56.2 Å². The minimum atomic E-state index is -0.756. The third-order valence-electron chi connectivity index (χ3n) is 7.23. The Labute approximate surface area is 223 Å². The molecule has 0 aliphatic carbocycles. The molecule has 3 aromatic rings. The summed E-state index contributed by atoms with van der Waals surface area (Å²) in [5, 5.41) is 13.4. The zero-order valence-electron chi connectivity index (χ0n) is 21.4. The number of aliphatic hydroxyl groups excluding tert-OH is 1. The molecule has 0 unspecified atom stereocenters. The number of ether oxygens (including phenoxy) is 2. The van der Waals surface area contributed by atoms with Gasteiger partial charge in [0, 0.05) is 18.7 Å². The minimum absolute atomic E-state index is 0.0695. The summed E-state index contributed by atoms with van der Waals surface area (Å²) < 4.78 is 12.0. The van der Waals surface area contributed by atoms with Crippen LogP contribution in [0.2, 0.25) is 0 Å². The van der Waals surface area contributed by atoms with Crippen molar-refractivity contribution < 1.29 is 24.2 Å². The Kier molecular flexibility index (Phi) is 8.48. The van der Waals surface area contributed by atoms with Gasteiger partial charge in [-0.05, 0) is 41.7 Å². The van der Waals surface area contributed by atoms with Crippen molar-refractivity contribution in [2.24, 2.45) is 0 Å². The first-order valence-electron chi connectivity index (χ1n) is 13.2. The lowest BCUT2D eigenvalue weighted by molar-refractivity contribution is -0.151. The normalized spacial score (nSPS) is 23.6. The van der Waals surface area contributed by atoms with Crippen LogP contribution in [0, 0.1) is 0 Å². The molecule has 4 atom stereocenters. The molecule has 2 heterocycles. The van der Waals surface area contributed by atoms with E-state index in [4.69, 9.17) is 9.47 Å². The molecule has 2 saturated heterocycles. The quantitative estimate of drug-likeness (QED) is 0.522. The van der Waals surface area contributed by atoms with Crippen molar-refractivity contribution in [3.8, 4) is 11.1 Å². The number of hydrogen-bond donors (Lipinski definition) is 2. The van der Waals surface area contributed by atoms with Crippen molar-refractivity contribution in [2.75, 3.05) is 19.8 Å². The van der Waals surface area contributed by atoms with Crippen LogP contribution in [0.15, 0.2) is 84.9 Å². The van der Waals surface area contributed by atoms with Crippen molar-refractivity contribution in [1.82, 2.24) is 10.2 Å². The number of amides is 2. The first-order chi connectivity index (χ1) is 18.6. The Morgan fingerprint density at radius 3 is 2.29 bits per heavy atom. The van der Waals surface area contributed by atoms with Gasteiger partial charge in [-0.3, -0.25) is 9.59 Å². The second-order valence-corrected chi connectivity index (χ2v) is 10.00. The molecule has 198 valence electrons. The van der Waals surface area contributed by atoms with E-state index in [0.717, 1.165) is 16.7 Å². The van der Waals surface area contributed by atoms with E-state index in [1.165, 1.54) is 0 Å². The van der Waals surface area contributed by atoms with Gasteiger partial charge in [-0.25, -0.2) is 0 Å². The van der Waals surface area contributed by atoms with E-state index in [2.05, 4.69) is 29.6 Å². The maximum Gasteiger partial charge on any atom is 0.254 e. The molecule has 2 N–H and O–H groups in total. The molecule has 0 spiro atoms. The lowest BCUT2D eigenvalue weighted by Crippen LogP contribution is -2.57. The first-order valence-corrected chi connectivity index (χ1v) is 13.2. The van der Waals surface area contributed by atoms with Crippen LogP contribution in [0.1, 0.15) is 35.2 Å². The average Bonchev–Trinajstić information content (AvgIpc) is 2.95. The highest BCUT2D eigenvalue weighted by Gasteiger charge is 2.40. The van der Waals surface area contributed by atoms with Crippen molar-refractivity contribution in [3.63, 3.8) is 0 Å². The van der Waals surface area contributed by atoms with Gasteiger partial charge in [-0.1, -0.05) is 72.8 Å². The number of hydrogen-bond acceptors (Lipinski definition) is 5. The molecule has 0 aromatic heterocycles. The molecule has 0 saturated carbocycles. The predicted octanol–water partition coefficient (Wildman–Crippen LogP) is 3.81. The smallest absolute Gasteiger partial charge is 0.254 e. The van der Waals surface area contributed by atoms with E-state index in [0.29, 0.717) is 24.9 Å². The molecular formula is C31H34N2O5. The number of nitrogens with one attached hydrogen (secondary N) is 1. The van der Waals surface area contributed by atoms with Gasteiger partial charge in [-0.15, -0.1) is 0 Å². The van der Waals surface area contributed by atoms with E-state index in [1.54, 1.807) is 17.0 Å². The zero-order valence-corrected chi connectivity index (χ0v) is 21.4. The van der Waals surface area contributed by atoms with Crippen LogP contribution in [0.5, 0.6) is 0 Å². The predicted molar refractivity (Wildman–Crippen MR) is 144 cm³/mol. The number of carbonyl (C=O) groups excluding carboxylic acids is 2. The summed E-state index contributed by atoms with van der Waals surface area (Å²) in [4.78, 5) is 27.8. The largest absolute Gasteiger partial charge is 0.389 e. The van der Waals surface area contributed by atoms with Crippen molar-refractivity contribution >= 4 is 11.8 Å². The molecule has 5 rings (SSSR count). The van der Waals surface area contributed by atoms with Gasteiger partial charge < -0.3 is 24.8 Å². The fourth-order valence-corrected chi connectivity index (χ4v) is 5.25. The van der Waals surface area contributed by atoms with Crippen LogP contribution in [-0.4, -0.2) is 65.9 Å². The summed E-state index contributed by atoms with van der Waals surface area (Å²) in [5.41, 5.74) is 3.91. The summed E-state index contributed by atoms with van der Waals surface area (Å²) in [6.45, 7) is 1.05. The van der Waals surface area contributed by atoms with E-state index >= 15 is 0 Å². The highest BCUT2D eigenvalue weighted by molar-refractivity contribution is 5.94. The second-order valence-electron chi connectivity index (χ2n) is 10.00. The summed E-state index contributed by atoms with van der Waals surface area (Å²) in [5.74, 6) is -0.195. The average molecular weight is 515 g/mol. The molecule has 3 aromatic carbocycles. The number of rotatable bonds is 6. The van der Waals surface area contributed by atoms with E-state index in [9.17, 15) is 14.7 Å². The highest BCUT2D eigenvalue weighted by Crippen LogP contribution is 2.29. The molecule has 0 bridgehead atoms. The molecule has 38 heavy (non-hydrogen) atoms. The molecule has 0 radical (unpaired) electrons. The first kappa shape index (κ1) is 26.1. The highest BCUT2D eigenvalue weighted by atomic mass is 16.5. The monoisotopic (exact) mass is 514 g/mol. The summed E-state index contributed by atoms with van der Waals surface area (Å²) >= 11 is 0. The van der Waals surface area contributed by atoms with E-state index < -0.39 is 6.10 Å². The fourth-order valence-electron chi connectivity index (χ4n) is 5.25. The summed E-state index contributed by atoms with van der Waals surface area (Å²) in [6.07, 6.45) is 0.216. The third-order valence-corrected chi connectivity index (χ3v) is 7.23. The van der Waals surface area contributed by atoms with Crippen LogP contribution in [0.25, 0.3) is 11.1 Å². The Balaban J connectivity index is 1.16. The lowest BCUT2D eigenvalue weighted by Gasteiger charge is -2.44. The maximum absolute atomic E-state index is 13.3. The summed E-state index contributed by atoms with van der Waals surface area (Å²) in [7, 11) is 0. The van der Waals surface area contributed by atoms with Crippen LogP contribution in [-0.2, 0) is 20.8 Å². The van der Waals surface area contributed by atoms with Gasteiger partial charge in [0.25, 0.3) is 5.91 Å². The SMILES string of the molecule is O=C(C[C@@H]1CC[C@H]2[C@@H](COC[C@@H](O)CN2C(=O)c2ccccc2)O1)NCc1ccc(-c2ccccc2)cc1. The Bertz CT molecular complexity index is 1200. The third kappa shape index (κ3) is 6.48. The molecule has 7 nitrogen and oxygen atoms in total. The van der Waals surface area contributed by atoms with Crippen LogP contribution in [0.4, 0.5) is 0 Å². The van der Waals surface area contributed by atoms with Gasteiger partial charge in [0.2, 0.25) is 5.91 Å². The van der Waals surface area contributed by atoms with Crippen LogP contribution in [0.3, 0.4) is 0 Å². The van der Waals surface area contributed by atoms with Gasteiger partial charge in [0.1, 0.15) is 6.10 Å². The Morgan fingerprint density at radius 2 is 1.55 bits per heavy atom. The fraction of sp³-hybridized carbons (Fsp3) is 0.355. The maximum atomic E-state index is 13.3. The van der Waals surface area contributed by atoms with Gasteiger partial charge in [-0.2, -0.15) is 0 Å². The molecule has 7 heteroatoms. The topological polar surface area (TPSA) is 88.1 Å². The zero-order chi connectivity index (χ0) is 26.3. The number of nitrogens with zero attached hydrogens (tertiary/aromatic N) is 1. The van der Waals surface area contributed by atoms with E-state index in [1.807, 2.05) is 48.5 Å². The van der Waals surface area contributed by atoms with Gasteiger partial charge in [0.15, 0.2) is 0 Å². The number of benzene rings is 3. The van der Waals surface area contributed by atoms with Crippen LogP contribution < -0.4 is 5.32 Å². The Hall–Kier alpha value is -3.52. The molecule has 2 aliphatic rings. The summed E-state index contributed by atoms with van der Waals surface area (Å²) in [6, 6.07) is 27.3. The van der Waals surface area contributed by atoms with Crippen molar-refractivity contribution in [1.29, 1.82) is 0 Å². The second kappa shape index (κ2) is 12.3. The minimum Gasteiger partial charge on any atom is -0.389 e. The molecule has 2 fully saturated rings. The van der Waals surface area contributed by atoms with Crippen LogP contribution >= 0.6 is 0 Å². The molecule has 2 aliphatic heterocycles. The number of fused-ring (bicyclic) bond motifs is 1. The lowest BCUT2D eigenvalue weighted by atomic mass is 9.94. The van der Waals surface area contributed by atoms with Crippen molar-refractivity contribution in [3.05, 3.63) is 96.1 Å². The molecule has 2 amide bonds. The number of carbonyl (C=O) groups is 2. The molecular weight excluding hydrogens is 480 g/mol. The number of β-amino-alcohol motifs (C(OH)–C–C–N with tert-alkyl or cyclic N) is 1. The van der Waals surface area contributed by atoms with Crippen molar-refractivity contribution in [2.45, 2.75) is 50.2 Å². The Morgan fingerprint density at radius 1 is 0.868 bits per heavy atom. The van der Waals surface area contributed by atoms with Gasteiger partial charge in [0.05, 0.1) is 37.9 Å². The van der Waals surface area contributed by atoms with Gasteiger partial charge >= 0.3 is 0 Å². The number of aliphatic hydroxyl groups is 1.